The predicted octanol–water partition coefficient (Wildman–Crippen LogP) is 2.41. The predicted molar refractivity (Wildman–Crippen MR) is 107 cm³/mol. The minimum absolute atomic E-state index is 0.580. The average Bonchev–Trinajstić information content (AvgIpc) is 2.63. The molecule has 1 saturated heterocycles. The number of piperazine rings is 1. The van der Waals surface area contributed by atoms with Crippen molar-refractivity contribution in [2.24, 2.45) is 0 Å². The summed E-state index contributed by atoms with van der Waals surface area (Å²) in [4.78, 5) is 3.10. The van der Waals surface area contributed by atoms with Crippen LogP contribution in [0.4, 0.5) is 0 Å². The van der Waals surface area contributed by atoms with Crippen LogP contribution in [-0.2, 0) is 10.8 Å². The number of β-amino-alcohol motifs (C(OH)–C–C–N with tert-alkyl or cyclic N) is 1. The fraction of sp³-hybridized carbons (Fsp3) is 0.700. The van der Waals surface area contributed by atoms with E-state index in [9.17, 15) is 9.32 Å². The molecule has 2 rings (SSSR count). The Morgan fingerprint density at radius 3 is 2.50 bits per heavy atom. The first-order valence-electron chi connectivity index (χ1n) is 9.71. The summed E-state index contributed by atoms with van der Waals surface area (Å²) in [6, 6.07) is 7.45. The molecule has 0 aromatic heterocycles. The molecule has 6 heteroatoms. The zero-order valence-corrected chi connectivity index (χ0v) is 17.2. The maximum absolute atomic E-state index is 12.3. The SMILES string of the molecule is CCCCCS(=O)c1ccc(OC(C)(C)C(O)CN2CCNCC2)cc1. The molecule has 0 spiro atoms. The van der Waals surface area contributed by atoms with E-state index < -0.39 is 22.5 Å². The van der Waals surface area contributed by atoms with Crippen LogP contribution in [-0.4, -0.2) is 64.4 Å². The van der Waals surface area contributed by atoms with Crippen molar-refractivity contribution in [3.8, 4) is 5.75 Å². The molecule has 0 bridgehead atoms. The largest absolute Gasteiger partial charge is 0.485 e. The Bertz CT molecular complexity index is 557. The lowest BCUT2D eigenvalue weighted by molar-refractivity contribution is -0.0456. The van der Waals surface area contributed by atoms with E-state index in [0.717, 1.165) is 50.3 Å². The molecule has 1 fully saturated rings. The maximum Gasteiger partial charge on any atom is 0.130 e. The van der Waals surface area contributed by atoms with E-state index in [0.29, 0.717) is 18.0 Å². The maximum atomic E-state index is 12.3. The summed E-state index contributed by atoms with van der Waals surface area (Å²) in [5.74, 6) is 1.41. The molecule has 0 radical (unpaired) electrons. The van der Waals surface area contributed by atoms with Gasteiger partial charge in [-0.05, 0) is 44.5 Å². The Kier molecular flexibility index (Phi) is 8.54. The molecule has 2 unspecified atom stereocenters. The molecular formula is C20H34N2O3S. The molecule has 148 valence electrons. The molecule has 2 atom stereocenters. The first kappa shape index (κ1) is 21.4. The summed E-state index contributed by atoms with van der Waals surface area (Å²) >= 11 is 0. The third kappa shape index (κ3) is 6.65. The highest BCUT2D eigenvalue weighted by molar-refractivity contribution is 7.85. The monoisotopic (exact) mass is 382 g/mol. The molecule has 1 aromatic carbocycles. The number of aliphatic hydroxyl groups is 1. The van der Waals surface area contributed by atoms with E-state index in [1.807, 2.05) is 38.1 Å². The van der Waals surface area contributed by atoms with Crippen LogP contribution in [0.2, 0.25) is 0 Å². The summed E-state index contributed by atoms with van der Waals surface area (Å²) in [5, 5.41) is 13.9. The molecule has 1 aliphatic heterocycles. The second kappa shape index (κ2) is 10.4. The standard InChI is InChI=1S/C20H34N2O3S/c1-4-5-6-15-26(24)18-9-7-17(8-10-18)25-20(2,3)19(23)16-22-13-11-21-12-14-22/h7-10,19,21,23H,4-6,11-16H2,1-3H3. The number of benzene rings is 1. The summed E-state index contributed by atoms with van der Waals surface area (Å²) in [6.07, 6.45) is 2.66. The van der Waals surface area contributed by atoms with Crippen molar-refractivity contribution in [1.82, 2.24) is 10.2 Å². The van der Waals surface area contributed by atoms with Gasteiger partial charge in [0.1, 0.15) is 17.5 Å². The fourth-order valence-electron chi connectivity index (χ4n) is 2.99. The van der Waals surface area contributed by atoms with E-state index in [1.165, 1.54) is 0 Å². The van der Waals surface area contributed by atoms with E-state index in [4.69, 9.17) is 4.74 Å². The fourth-order valence-corrected chi connectivity index (χ4v) is 4.13. The van der Waals surface area contributed by atoms with Gasteiger partial charge in [0.2, 0.25) is 0 Å². The van der Waals surface area contributed by atoms with Gasteiger partial charge in [-0.2, -0.15) is 0 Å². The van der Waals surface area contributed by atoms with E-state index >= 15 is 0 Å². The number of hydrogen-bond acceptors (Lipinski definition) is 5. The van der Waals surface area contributed by atoms with Crippen molar-refractivity contribution < 1.29 is 14.1 Å². The van der Waals surface area contributed by atoms with Gasteiger partial charge in [-0.3, -0.25) is 9.11 Å². The molecule has 1 heterocycles. The summed E-state index contributed by atoms with van der Waals surface area (Å²) in [7, 11) is -0.948. The second-order valence-electron chi connectivity index (χ2n) is 7.50. The molecule has 1 aliphatic rings. The lowest BCUT2D eigenvalue weighted by Crippen LogP contribution is -2.52. The Labute approximate surface area is 160 Å². The van der Waals surface area contributed by atoms with Gasteiger partial charge >= 0.3 is 0 Å². The van der Waals surface area contributed by atoms with E-state index in [1.54, 1.807) is 0 Å². The van der Waals surface area contributed by atoms with Crippen molar-refractivity contribution in [3.63, 3.8) is 0 Å². The topological polar surface area (TPSA) is 61.8 Å². The summed E-state index contributed by atoms with van der Waals surface area (Å²) in [5.41, 5.74) is -0.688. The number of ether oxygens (including phenoxy) is 1. The zero-order chi connectivity index (χ0) is 19.0. The number of unbranched alkanes of at least 4 members (excludes halogenated alkanes) is 2. The van der Waals surface area contributed by atoms with Crippen LogP contribution in [0.1, 0.15) is 40.0 Å². The van der Waals surface area contributed by atoms with Gasteiger partial charge in [0.15, 0.2) is 0 Å². The highest BCUT2D eigenvalue weighted by atomic mass is 32.2. The second-order valence-corrected chi connectivity index (χ2v) is 9.07. The molecule has 1 aromatic rings. The van der Waals surface area contributed by atoms with Crippen molar-refractivity contribution in [2.75, 3.05) is 38.5 Å². The number of aliphatic hydroxyl groups excluding tert-OH is 1. The zero-order valence-electron chi connectivity index (χ0n) is 16.4. The average molecular weight is 383 g/mol. The molecule has 0 saturated carbocycles. The Hall–Kier alpha value is -0.950. The van der Waals surface area contributed by atoms with Crippen molar-refractivity contribution in [2.45, 2.75) is 56.6 Å². The number of nitrogens with one attached hydrogen (secondary N) is 1. The Morgan fingerprint density at radius 1 is 1.23 bits per heavy atom. The minimum Gasteiger partial charge on any atom is -0.485 e. The molecular weight excluding hydrogens is 348 g/mol. The van der Waals surface area contributed by atoms with Gasteiger partial charge in [-0.25, -0.2) is 0 Å². The highest BCUT2D eigenvalue weighted by Crippen LogP contribution is 2.23. The quantitative estimate of drug-likeness (QED) is 0.609. The summed E-state index contributed by atoms with van der Waals surface area (Å²) in [6.45, 7) is 10.4. The normalized spacial score (nSPS) is 18.5. The summed E-state index contributed by atoms with van der Waals surface area (Å²) < 4.78 is 18.3. The first-order valence-corrected chi connectivity index (χ1v) is 11.0. The lowest BCUT2D eigenvalue weighted by Gasteiger charge is -2.36. The van der Waals surface area contributed by atoms with Crippen LogP contribution in [0.15, 0.2) is 29.2 Å². The van der Waals surface area contributed by atoms with Crippen LogP contribution in [0, 0.1) is 0 Å². The third-order valence-corrected chi connectivity index (χ3v) is 6.30. The van der Waals surface area contributed by atoms with Crippen LogP contribution < -0.4 is 10.1 Å². The molecule has 26 heavy (non-hydrogen) atoms. The van der Waals surface area contributed by atoms with Crippen LogP contribution in [0.25, 0.3) is 0 Å². The number of hydrogen-bond donors (Lipinski definition) is 2. The minimum atomic E-state index is -0.948. The van der Waals surface area contributed by atoms with Gasteiger partial charge in [-0.1, -0.05) is 19.8 Å². The van der Waals surface area contributed by atoms with Crippen LogP contribution in [0.3, 0.4) is 0 Å². The van der Waals surface area contributed by atoms with Gasteiger partial charge in [-0.15, -0.1) is 0 Å². The van der Waals surface area contributed by atoms with Gasteiger partial charge < -0.3 is 15.2 Å². The van der Waals surface area contributed by atoms with Crippen molar-refractivity contribution in [1.29, 1.82) is 0 Å². The van der Waals surface area contributed by atoms with Crippen molar-refractivity contribution >= 4 is 10.8 Å². The smallest absolute Gasteiger partial charge is 0.130 e. The van der Waals surface area contributed by atoms with Crippen LogP contribution in [0.5, 0.6) is 5.75 Å². The Balaban J connectivity index is 1.88. The van der Waals surface area contributed by atoms with Gasteiger partial charge in [0, 0.05) is 43.4 Å². The third-order valence-electron chi connectivity index (χ3n) is 4.84. The number of nitrogens with zero attached hydrogens (tertiary/aromatic N) is 1. The molecule has 0 amide bonds. The van der Waals surface area contributed by atoms with E-state index in [-0.39, 0.29) is 0 Å². The molecule has 0 aliphatic carbocycles. The van der Waals surface area contributed by atoms with E-state index in [2.05, 4.69) is 17.1 Å². The lowest BCUT2D eigenvalue weighted by atomic mass is 10.0. The highest BCUT2D eigenvalue weighted by Gasteiger charge is 2.32. The Morgan fingerprint density at radius 2 is 1.88 bits per heavy atom. The van der Waals surface area contributed by atoms with Crippen LogP contribution >= 0.6 is 0 Å². The molecule has 2 N–H and O–H groups in total. The molecule has 5 nitrogen and oxygen atoms in total. The first-order chi connectivity index (χ1) is 12.4. The van der Waals surface area contributed by atoms with Gasteiger partial charge in [0.25, 0.3) is 0 Å². The van der Waals surface area contributed by atoms with Gasteiger partial charge in [0.05, 0.1) is 10.8 Å². The number of rotatable bonds is 10. The van der Waals surface area contributed by atoms with Crippen molar-refractivity contribution in [3.05, 3.63) is 24.3 Å².